The fraction of sp³-hybridized carbons (Fsp3) is 0.647. The Hall–Kier alpha value is -0.820. The number of hydrogen-bond acceptors (Lipinski definition) is 1. The maximum absolute atomic E-state index is 3.93. The minimum absolute atomic E-state index is 0.488. The second-order valence-electron chi connectivity index (χ2n) is 6.81. The molecular weight excluding hydrogens is 218 g/mol. The summed E-state index contributed by atoms with van der Waals surface area (Å²) in [5.74, 6) is 0.768. The zero-order chi connectivity index (χ0) is 12.6. The van der Waals surface area contributed by atoms with Crippen LogP contribution in [0.25, 0.3) is 0 Å². The van der Waals surface area contributed by atoms with E-state index in [4.69, 9.17) is 0 Å². The van der Waals surface area contributed by atoms with Gasteiger partial charge in [0.2, 0.25) is 0 Å². The standard InChI is InChI=1S/C17H25N/c1-17(2)11-7-6-10-16(17)18-15-12-14(15)13-8-4-3-5-9-13/h3-5,8-9,14-16,18H,6-7,10-12H2,1-2H3. The van der Waals surface area contributed by atoms with E-state index in [-0.39, 0.29) is 0 Å². The van der Waals surface area contributed by atoms with E-state index < -0.39 is 0 Å². The van der Waals surface area contributed by atoms with E-state index in [1.54, 1.807) is 0 Å². The van der Waals surface area contributed by atoms with Gasteiger partial charge >= 0.3 is 0 Å². The number of rotatable bonds is 3. The van der Waals surface area contributed by atoms with Gasteiger partial charge < -0.3 is 5.32 Å². The molecule has 1 aromatic carbocycles. The van der Waals surface area contributed by atoms with E-state index >= 15 is 0 Å². The van der Waals surface area contributed by atoms with Gasteiger partial charge in [-0.25, -0.2) is 0 Å². The molecule has 0 saturated heterocycles. The second kappa shape index (κ2) is 4.70. The lowest BCUT2D eigenvalue weighted by molar-refractivity contribution is 0.166. The average Bonchev–Trinajstić information content (AvgIpc) is 3.12. The first-order chi connectivity index (χ1) is 8.67. The second-order valence-corrected chi connectivity index (χ2v) is 6.81. The van der Waals surface area contributed by atoms with E-state index in [9.17, 15) is 0 Å². The summed E-state index contributed by atoms with van der Waals surface area (Å²) in [4.78, 5) is 0. The van der Waals surface area contributed by atoms with Gasteiger partial charge in [0.1, 0.15) is 0 Å². The lowest BCUT2D eigenvalue weighted by Gasteiger charge is -2.39. The molecule has 0 radical (unpaired) electrons. The SMILES string of the molecule is CC1(C)CCCCC1NC1CC1c1ccccc1. The Morgan fingerprint density at radius 2 is 1.89 bits per heavy atom. The molecule has 2 fully saturated rings. The van der Waals surface area contributed by atoms with Crippen molar-refractivity contribution in [3.05, 3.63) is 35.9 Å². The van der Waals surface area contributed by atoms with Crippen molar-refractivity contribution in [1.29, 1.82) is 0 Å². The van der Waals surface area contributed by atoms with Crippen LogP contribution in [0.4, 0.5) is 0 Å². The van der Waals surface area contributed by atoms with E-state index in [0.29, 0.717) is 5.41 Å². The van der Waals surface area contributed by atoms with Crippen molar-refractivity contribution in [2.75, 3.05) is 0 Å². The lowest BCUT2D eigenvalue weighted by atomic mass is 9.73. The number of benzene rings is 1. The van der Waals surface area contributed by atoms with Gasteiger partial charge in [0, 0.05) is 18.0 Å². The van der Waals surface area contributed by atoms with Gasteiger partial charge in [0.05, 0.1) is 0 Å². The van der Waals surface area contributed by atoms with Crippen LogP contribution in [0.3, 0.4) is 0 Å². The number of nitrogens with one attached hydrogen (secondary N) is 1. The summed E-state index contributed by atoms with van der Waals surface area (Å²) in [6.45, 7) is 4.87. The smallest absolute Gasteiger partial charge is 0.0146 e. The molecule has 0 bridgehead atoms. The average molecular weight is 243 g/mol. The molecule has 2 aliphatic rings. The van der Waals surface area contributed by atoms with Gasteiger partial charge in [-0.15, -0.1) is 0 Å². The molecule has 98 valence electrons. The molecule has 1 aromatic rings. The Balaban J connectivity index is 1.59. The van der Waals surface area contributed by atoms with Crippen molar-refractivity contribution in [2.45, 2.75) is 64.0 Å². The highest BCUT2D eigenvalue weighted by Crippen LogP contribution is 2.44. The zero-order valence-electron chi connectivity index (χ0n) is 11.7. The maximum atomic E-state index is 3.93. The molecule has 3 rings (SSSR count). The summed E-state index contributed by atoms with van der Waals surface area (Å²) in [7, 11) is 0. The molecule has 0 aromatic heterocycles. The van der Waals surface area contributed by atoms with E-state index in [2.05, 4.69) is 49.5 Å². The van der Waals surface area contributed by atoms with Crippen LogP contribution in [0.5, 0.6) is 0 Å². The van der Waals surface area contributed by atoms with Crippen LogP contribution in [0, 0.1) is 5.41 Å². The topological polar surface area (TPSA) is 12.0 Å². The molecule has 0 aliphatic heterocycles. The molecule has 0 heterocycles. The van der Waals surface area contributed by atoms with Crippen molar-refractivity contribution < 1.29 is 0 Å². The van der Waals surface area contributed by atoms with Crippen LogP contribution in [0.2, 0.25) is 0 Å². The van der Waals surface area contributed by atoms with Crippen molar-refractivity contribution in [2.24, 2.45) is 5.41 Å². The Morgan fingerprint density at radius 3 is 2.61 bits per heavy atom. The third-order valence-corrected chi connectivity index (χ3v) is 4.94. The third kappa shape index (κ3) is 2.47. The molecule has 0 spiro atoms. The summed E-state index contributed by atoms with van der Waals surface area (Å²) >= 11 is 0. The van der Waals surface area contributed by atoms with E-state index in [1.165, 1.54) is 37.7 Å². The molecule has 2 saturated carbocycles. The van der Waals surface area contributed by atoms with E-state index in [1.807, 2.05) is 0 Å². The van der Waals surface area contributed by atoms with Gasteiger partial charge in [0.25, 0.3) is 0 Å². The minimum atomic E-state index is 0.488. The summed E-state index contributed by atoms with van der Waals surface area (Å²) < 4.78 is 0. The van der Waals surface area contributed by atoms with Crippen molar-refractivity contribution in [1.82, 2.24) is 5.32 Å². The van der Waals surface area contributed by atoms with Crippen molar-refractivity contribution in [3.8, 4) is 0 Å². The summed E-state index contributed by atoms with van der Waals surface area (Å²) in [5.41, 5.74) is 2.01. The molecule has 0 amide bonds. The highest BCUT2D eigenvalue weighted by Gasteiger charge is 2.42. The first-order valence-corrected chi connectivity index (χ1v) is 7.48. The first-order valence-electron chi connectivity index (χ1n) is 7.48. The molecule has 1 nitrogen and oxygen atoms in total. The van der Waals surface area contributed by atoms with Crippen LogP contribution in [-0.4, -0.2) is 12.1 Å². The Bertz CT molecular complexity index is 395. The summed E-state index contributed by atoms with van der Waals surface area (Å²) in [6.07, 6.45) is 6.90. The first kappa shape index (κ1) is 12.2. The van der Waals surface area contributed by atoms with Crippen LogP contribution in [0.15, 0.2) is 30.3 Å². The van der Waals surface area contributed by atoms with Gasteiger partial charge in [-0.05, 0) is 30.2 Å². The fourth-order valence-corrected chi connectivity index (χ4v) is 3.51. The summed E-state index contributed by atoms with van der Waals surface area (Å²) in [6, 6.07) is 12.4. The number of hydrogen-bond donors (Lipinski definition) is 1. The molecule has 3 unspecified atom stereocenters. The van der Waals surface area contributed by atoms with Gasteiger partial charge in [-0.3, -0.25) is 0 Å². The van der Waals surface area contributed by atoms with Gasteiger partial charge in [-0.2, -0.15) is 0 Å². The molecule has 3 atom stereocenters. The Labute approximate surface area is 111 Å². The quantitative estimate of drug-likeness (QED) is 0.842. The third-order valence-electron chi connectivity index (χ3n) is 4.94. The molecule has 18 heavy (non-hydrogen) atoms. The molecular formula is C17H25N. The maximum Gasteiger partial charge on any atom is 0.0146 e. The normalized spacial score (nSPS) is 34.2. The molecule has 2 aliphatic carbocycles. The van der Waals surface area contributed by atoms with Crippen LogP contribution in [0.1, 0.15) is 57.4 Å². The van der Waals surface area contributed by atoms with Crippen molar-refractivity contribution in [3.63, 3.8) is 0 Å². The largest absolute Gasteiger partial charge is 0.310 e. The van der Waals surface area contributed by atoms with Crippen LogP contribution in [-0.2, 0) is 0 Å². The van der Waals surface area contributed by atoms with Gasteiger partial charge in [-0.1, -0.05) is 57.0 Å². The summed E-state index contributed by atoms with van der Waals surface area (Å²) in [5, 5.41) is 3.93. The van der Waals surface area contributed by atoms with Crippen LogP contribution < -0.4 is 5.32 Å². The highest BCUT2D eigenvalue weighted by atomic mass is 15.0. The predicted octanol–water partition coefficient (Wildman–Crippen LogP) is 4.10. The Morgan fingerprint density at radius 1 is 1.11 bits per heavy atom. The predicted molar refractivity (Wildman–Crippen MR) is 76.8 cm³/mol. The van der Waals surface area contributed by atoms with E-state index in [0.717, 1.165) is 18.0 Å². The lowest BCUT2D eigenvalue weighted by Crippen LogP contribution is -2.45. The highest BCUT2D eigenvalue weighted by molar-refractivity contribution is 5.27. The molecule has 1 heteroatoms. The van der Waals surface area contributed by atoms with Gasteiger partial charge in [0.15, 0.2) is 0 Å². The van der Waals surface area contributed by atoms with Crippen molar-refractivity contribution >= 4 is 0 Å². The minimum Gasteiger partial charge on any atom is -0.310 e. The monoisotopic (exact) mass is 243 g/mol. The van der Waals surface area contributed by atoms with Crippen LogP contribution >= 0.6 is 0 Å². The molecule has 1 N–H and O–H groups in total. The zero-order valence-corrected chi connectivity index (χ0v) is 11.7. The Kier molecular flexibility index (Phi) is 3.19. The fourth-order valence-electron chi connectivity index (χ4n) is 3.51.